The third-order valence-corrected chi connectivity index (χ3v) is 4.33. The number of rotatable bonds is 6. The van der Waals surface area contributed by atoms with Gasteiger partial charge in [-0.2, -0.15) is 0 Å². The van der Waals surface area contributed by atoms with E-state index in [4.69, 9.17) is 5.11 Å². The quantitative estimate of drug-likeness (QED) is 0.873. The van der Waals surface area contributed by atoms with Gasteiger partial charge in [0.1, 0.15) is 0 Å². The summed E-state index contributed by atoms with van der Waals surface area (Å²) in [5, 5.41) is 11.1. The van der Waals surface area contributed by atoms with Crippen LogP contribution in [-0.2, 0) is 11.3 Å². The van der Waals surface area contributed by atoms with E-state index in [1.54, 1.807) is 25.2 Å². The van der Waals surface area contributed by atoms with E-state index < -0.39 is 11.4 Å². The predicted molar refractivity (Wildman–Crippen MR) is 74.4 cm³/mol. The molecule has 0 spiro atoms. The smallest absolute Gasteiger partial charge is 0.309 e. The van der Waals surface area contributed by atoms with Crippen molar-refractivity contribution in [1.82, 2.24) is 4.90 Å². The highest BCUT2D eigenvalue weighted by Crippen LogP contribution is 2.23. The summed E-state index contributed by atoms with van der Waals surface area (Å²) >= 11 is 5.10. The summed E-state index contributed by atoms with van der Waals surface area (Å²) in [5.74, 6) is -0.732. The topological polar surface area (TPSA) is 40.5 Å². The first-order chi connectivity index (χ1) is 7.81. The number of nitrogens with zero attached hydrogens (tertiary/aromatic N) is 1. The van der Waals surface area contributed by atoms with Gasteiger partial charge in [-0.05, 0) is 66.8 Å². The molecule has 5 heteroatoms. The lowest BCUT2D eigenvalue weighted by molar-refractivity contribution is -0.147. The van der Waals surface area contributed by atoms with Crippen molar-refractivity contribution in [3.05, 3.63) is 20.8 Å². The van der Waals surface area contributed by atoms with E-state index >= 15 is 0 Å². The van der Waals surface area contributed by atoms with Crippen molar-refractivity contribution in [3.8, 4) is 0 Å². The van der Waals surface area contributed by atoms with Crippen LogP contribution in [0.1, 0.15) is 25.8 Å². The molecule has 0 bridgehead atoms. The molecular formula is C12H18BrNO2S. The first-order valence-corrected chi connectivity index (χ1v) is 7.13. The normalized spacial score (nSPS) is 12.1. The fourth-order valence-corrected chi connectivity index (χ4v) is 2.60. The fourth-order valence-electron chi connectivity index (χ4n) is 1.40. The van der Waals surface area contributed by atoms with Crippen LogP contribution >= 0.6 is 27.3 Å². The first-order valence-electron chi connectivity index (χ1n) is 5.46. The van der Waals surface area contributed by atoms with Crippen LogP contribution in [0.2, 0.25) is 0 Å². The molecule has 0 saturated carbocycles. The minimum Gasteiger partial charge on any atom is -0.481 e. The molecule has 3 nitrogen and oxygen atoms in total. The number of thiophene rings is 1. The van der Waals surface area contributed by atoms with E-state index in [-0.39, 0.29) is 0 Å². The molecule has 0 saturated heterocycles. The van der Waals surface area contributed by atoms with Gasteiger partial charge in [-0.1, -0.05) is 0 Å². The molecule has 1 aromatic rings. The Labute approximate surface area is 115 Å². The van der Waals surface area contributed by atoms with Crippen molar-refractivity contribution in [2.75, 3.05) is 13.6 Å². The summed E-state index contributed by atoms with van der Waals surface area (Å²) in [4.78, 5) is 13.1. The number of carboxylic acid groups (broad SMARTS) is 1. The zero-order valence-corrected chi connectivity index (χ0v) is 12.8. The summed E-state index contributed by atoms with van der Waals surface area (Å²) in [6.07, 6.45) is 0.657. The van der Waals surface area contributed by atoms with Crippen molar-refractivity contribution >= 4 is 33.2 Å². The Morgan fingerprint density at radius 1 is 1.59 bits per heavy atom. The zero-order chi connectivity index (χ0) is 13.1. The van der Waals surface area contributed by atoms with Gasteiger partial charge >= 0.3 is 5.97 Å². The second-order valence-corrected chi connectivity index (χ2v) is 7.23. The lowest BCUT2D eigenvalue weighted by atomic mass is 9.89. The molecule has 0 amide bonds. The molecule has 0 aliphatic rings. The maximum absolute atomic E-state index is 11.0. The highest BCUT2D eigenvalue weighted by atomic mass is 79.9. The monoisotopic (exact) mass is 319 g/mol. The van der Waals surface area contributed by atoms with E-state index in [1.165, 1.54) is 5.56 Å². The van der Waals surface area contributed by atoms with Crippen LogP contribution in [0.3, 0.4) is 0 Å². The molecular weight excluding hydrogens is 302 g/mol. The lowest BCUT2D eigenvalue weighted by Crippen LogP contribution is -2.29. The Hall–Kier alpha value is -0.390. The number of hydrogen-bond donors (Lipinski definition) is 1. The molecule has 0 aliphatic heterocycles. The van der Waals surface area contributed by atoms with Crippen LogP contribution in [0.4, 0.5) is 0 Å². The second kappa shape index (κ2) is 5.98. The molecule has 1 N–H and O–H groups in total. The Morgan fingerprint density at radius 3 is 2.71 bits per heavy atom. The highest BCUT2D eigenvalue weighted by molar-refractivity contribution is 9.11. The molecule has 1 aromatic heterocycles. The van der Waals surface area contributed by atoms with Gasteiger partial charge in [0, 0.05) is 6.54 Å². The van der Waals surface area contributed by atoms with Gasteiger partial charge in [0.25, 0.3) is 0 Å². The number of halogens is 1. The maximum atomic E-state index is 11.0. The molecule has 0 unspecified atom stereocenters. The van der Waals surface area contributed by atoms with Gasteiger partial charge in [-0.3, -0.25) is 4.79 Å². The summed E-state index contributed by atoms with van der Waals surface area (Å²) in [6.45, 7) is 5.18. The largest absolute Gasteiger partial charge is 0.481 e. The molecule has 17 heavy (non-hydrogen) atoms. The number of aliphatic carboxylic acids is 1. The molecule has 0 fully saturated rings. The van der Waals surface area contributed by atoms with Crippen molar-refractivity contribution in [1.29, 1.82) is 0 Å². The highest BCUT2D eigenvalue weighted by Gasteiger charge is 2.26. The Balaban J connectivity index is 2.40. The van der Waals surface area contributed by atoms with E-state index in [0.29, 0.717) is 6.42 Å². The van der Waals surface area contributed by atoms with Crippen LogP contribution < -0.4 is 0 Å². The summed E-state index contributed by atoms with van der Waals surface area (Å²) in [7, 11) is 2.02. The van der Waals surface area contributed by atoms with Gasteiger partial charge < -0.3 is 10.0 Å². The molecule has 96 valence electrons. The number of hydrogen-bond acceptors (Lipinski definition) is 3. The molecule has 0 radical (unpaired) electrons. The van der Waals surface area contributed by atoms with Crippen molar-refractivity contribution < 1.29 is 9.90 Å². The maximum Gasteiger partial charge on any atom is 0.309 e. The molecule has 0 atom stereocenters. The Bertz CT molecular complexity index is 390. The van der Waals surface area contributed by atoms with E-state index in [0.717, 1.165) is 16.9 Å². The van der Waals surface area contributed by atoms with Crippen molar-refractivity contribution in [3.63, 3.8) is 0 Å². The average Bonchev–Trinajstić information content (AvgIpc) is 2.61. The number of carboxylic acids is 1. The predicted octanol–water partition coefficient (Wildman–Crippen LogP) is 3.44. The SMILES string of the molecule is CN(CCC(C)(C)C(=O)O)Cc1csc(Br)c1. The van der Waals surface area contributed by atoms with Crippen molar-refractivity contribution in [2.45, 2.75) is 26.8 Å². The van der Waals surface area contributed by atoms with E-state index in [2.05, 4.69) is 32.3 Å². The lowest BCUT2D eigenvalue weighted by Gasteiger charge is -2.23. The fraction of sp³-hybridized carbons (Fsp3) is 0.583. The minimum atomic E-state index is -0.732. The Kier molecular flexibility index (Phi) is 5.16. The minimum absolute atomic E-state index is 0.649. The molecule has 1 rings (SSSR count). The van der Waals surface area contributed by atoms with E-state index in [9.17, 15) is 4.79 Å². The van der Waals surface area contributed by atoms with Gasteiger partial charge in [-0.15, -0.1) is 11.3 Å². The summed E-state index contributed by atoms with van der Waals surface area (Å²) < 4.78 is 1.13. The third-order valence-electron chi connectivity index (χ3n) is 2.77. The third kappa shape index (κ3) is 4.77. The van der Waals surface area contributed by atoms with Crippen LogP contribution in [-0.4, -0.2) is 29.6 Å². The molecule has 0 aromatic carbocycles. The number of carbonyl (C=O) groups is 1. The summed E-state index contributed by atoms with van der Waals surface area (Å²) in [6, 6.07) is 2.10. The zero-order valence-electron chi connectivity index (χ0n) is 10.4. The van der Waals surface area contributed by atoms with Crippen LogP contribution in [0, 0.1) is 5.41 Å². The van der Waals surface area contributed by atoms with Gasteiger partial charge in [0.15, 0.2) is 0 Å². The molecule has 0 aliphatic carbocycles. The van der Waals surface area contributed by atoms with Gasteiger partial charge in [0.05, 0.1) is 9.20 Å². The van der Waals surface area contributed by atoms with Crippen LogP contribution in [0.25, 0.3) is 0 Å². The molecule has 1 heterocycles. The standard InChI is InChI=1S/C12H18BrNO2S/c1-12(2,11(15)16)4-5-14(3)7-9-6-10(13)17-8-9/h6,8H,4-5,7H2,1-3H3,(H,15,16). The first kappa shape index (κ1) is 14.7. The second-order valence-electron chi connectivity index (χ2n) is 4.94. The van der Waals surface area contributed by atoms with Gasteiger partial charge in [-0.25, -0.2) is 0 Å². The van der Waals surface area contributed by atoms with Crippen LogP contribution in [0.15, 0.2) is 15.2 Å². The van der Waals surface area contributed by atoms with E-state index in [1.807, 2.05) is 7.05 Å². The average molecular weight is 320 g/mol. The van der Waals surface area contributed by atoms with Crippen LogP contribution in [0.5, 0.6) is 0 Å². The summed E-state index contributed by atoms with van der Waals surface area (Å²) in [5.41, 5.74) is 0.612. The van der Waals surface area contributed by atoms with Gasteiger partial charge in [0.2, 0.25) is 0 Å². The van der Waals surface area contributed by atoms with Crippen molar-refractivity contribution in [2.24, 2.45) is 5.41 Å². The Morgan fingerprint density at radius 2 is 2.24 bits per heavy atom.